The number of hydrogen-bond acceptors (Lipinski definition) is 4. The average molecular weight is 235 g/mol. The predicted octanol–water partition coefficient (Wildman–Crippen LogP) is 2.14. The number of aliphatic hydroxyl groups is 1. The summed E-state index contributed by atoms with van der Waals surface area (Å²) in [6.45, 7) is 2.15. The molecule has 1 saturated carbocycles. The van der Waals surface area contributed by atoms with E-state index in [9.17, 15) is 5.11 Å². The van der Waals surface area contributed by atoms with Crippen LogP contribution in [0.2, 0.25) is 0 Å². The fourth-order valence-electron chi connectivity index (χ4n) is 2.30. The van der Waals surface area contributed by atoms with Crippen molar-refractivity contribution in [2.45, 2.75) is 57.6 Å². The molecule has 1 aromatic rings. The first kappa shape index (κ1) is 12.3. The highest BCUT2D eigenvalue weighted by molar-refractivity contribution is 5.36. The molecular weight excluding hydrogens is 214 g/mol. The zero-order valence-electron chi connectivity index (χ0n) is 10.4. The molecule has 0 saturated heterocycles. The lowest BCUT2D eigenvalue weighted by atomic mass is 9.93. The van der Waals surface area contributed by atoms with Crippen molar-refractivity contribution in [3.63, 3.8) is 0 Å². The van der Waals surface area contributed by atoms with Crippen LogP contribution in [0.5, 0.6) is 0 Å². The third kappa shape index (κ3) is 3.66. The number of anilines is 1. The second-order valence-corrected chi connectivity index (χ2v) is 4.79. The van der Waals surface area contributed by atoms with E-state index in [2.05, 4.69) is 22.2 Å². The second kappa shape index (κ2) is 5.96. The first-order chi connectivity index (χ1) is 8.28. The molecule has 1 aliphatic rings. The molecule has 0 bridgehead atoms. The van der Waals surface area contributed by atoms with E-state index >= 15 is 0 Å². The van der Waals surface area contributed by atoms with Crippen LogP contribution in [0, 0.1) is 0 Å². The lowest BCUT2D eigenvalue weighted by Gasteiger charge is -2.26. The Balaban J connectivity index is 1.91. The van der Waals surface area contributed by atoms with Crippen LogP contribution >= 0.6 is 0 Å². The summed E-state index contributed by atoms with van der Waals surface area (Å²) in [6.07, 6.45) is 7.46. The van der Waals surface area contributed by atoms with Crippen LogP contribution in [0.25, 0.3) is 0 Å². The van der Waals surface area contributed by atoms with Gasteiger partial charge in [0.2, 0.25) is 0 Å². The first-order valence-corrected chi connectivity index (χ1v) is 6.53. The van der Waals surface area contributed by atoms with E-state index in [0.29, 0.717) is 6.04 Å². The van der Waals surface area contributed by atoms with Crippen molar-refractivity contribution in [2.24, 2.45) is 0 Å². The summed E-state index contributed by atoms with van der Waals surface area (Å²) >= 11 is 0. The molecule has 1 fully saturated rings. The van der Waals surface area contributed by atoms with Gasteiger partial charge in [0.25, 0.3) is 0 Å². The van der Waals surface area contributed by atoms with Crippen LogP contribution < -0.4 is 5.32 Å². The van der Waals surface area contributed by atoms with Gasteiger partial charge in [0.15, 0.2) is 0 Å². The highest BCUT2D eigenvalue weighted by Gasteiger charge is 2.19. The molecule has 1 aromatic heterocycles. The summed E-state index contributed by atoms with van der Waals surface area (Å²) < 4.78 is 0. The van der Waals surface area contributed by atoms with Crippen molar-refractivity contribution in [3.05, 3.63) is 18.1 Å². The molecule has 94 valence electrons. The summed E-state index contributed by atoms with van der Waals surface area (Å²) in [5, 5.41) is 12.9. The van der Waals surface area contributed by atoms with Gasteiger partial charge in [-0.25, -0.2) is 9.97 Å². The van der Waals surface area contributed by atoms with E-state index in [1.807, 2.05) is 6.07 Å². The maximum absolute atomic E-state index is 9.45. The Kier molecular flexibility index (Phi) is 4.31. The molecule has 0 aliphatic heterocycles. The van der Waals surface area contributed by atoms with Crippen LogP contribution in [-0.2, 0) is 6.42 Å². The molecule has 4 heteroatoms. The van der Waals surface area contributed by atoms with Gasteiger partial charge in [-0.05, 0) is 32.1 Å². The molecule has 2 N–H and O–H groups in total. The Labute approximate surface area is 102 Å². The fraction of sp³-hybridized carbons (Fsp3) is 0.692. The van der Waals surface area contributed by atoms with Crippen LogP contribution in [0.3, 0.4) is 0 Å². The Hall–Kier alpha value is -1.16. The fourth-order valence-corrected chi connectivity index (χ4v) is 2.30. The molecule has 17 heavy (non-hydrogen) atoms. The average Bonchev–Trinajstić information content (AvgIpc) is 2.33. The zero-order chi connectivity index (χ0) is 12.1. The minimum absolute atomic E-state index is 0.103. The van der Waals surface area contributed by atoms with Crippen molar-refractivity contribution >= 4 is 5.82 Å². The summed E-state index contributed by atoms with van der Waals surface area (Å²) in [7, 11) is 0. The van der Waals surface area contributed by atoms with Crippen LogP contribution in [0.1, 0.15) is 44.7 Å². The minimum atomic E-state index is -0.103. The summed E-state index contributed by atoms with van der Waals surface area (Å²) in [4.78, 5) is 8.49. The molecular formula is C13H21N3O. The number of aromatic nitrogens is 2. The largest absolute Gasteiger partial charge is 0.393 e. The molecule has 1 heterocycles. The third-order valence-corrected chi connectivity index (χ3v) is 3.28. The molecule has 0 radical (unpaired) electrons. The molecule has 0 atom stereocenters. The van der Waals surface area contributed by atoms with Crippen LogP contribution in [0.15, 0.2) is 12.4 Å². The Morgan fingerprint density at radius 2 is 2.06 bits per heavy atom. The van der Waals surface area contributed by atoms with E-state index in [1.54, 1.807) is 6.33 Å². The maximum atomic E-state index is 9.45. The predicted molar refractivity (Wildman–Crippen MR) is 67.9 cm³/mol. The number of hydrogen-bond donors (Lipinski definition) is 2. The highest BCUT2D eigenvalue weighted by atomic mass is 16.3. The number of aliphatic hydroxyl groups excluding tert-OH is 1. The van der Waals surface area contributed by atoms with Gasteiger partial charge in [-0.15, -0.1) is 0 Å². The van der Waals surface area contributed by atoms with Gasteiger partial charge in [0, 0.05) is 17.8 Å². The van der Waals surface area contributed by atoms with E-state index < -0.39 is 0 Å². The quantitative estimate of drug-likeness (QED) is 0.839. The SMILES string of the molecule is CCCc1cc(NC2CCC(O)CC2)ncn1. The van der Waals surface area contributed by atoms with Crippen LogP contribution in [0.4, 0.5) is 5.82 Å². The normalized spacial score (nSPS) is 24.6. The molecule has 1 aliphatic carbocycles. The van der Waals surface area contributed by atoms with Crippen molar-refractivity contribution in [1.82, 2.24) is 9.97 Å². The summed E-state index contributed by atoms with van der Waals surface area (Å²) in [6, 6.07) is 2.48. The lowest BCUT2D eigenvalue weighted by molar-refractivity contribution is 0.126. The van der Waals surface area contributed by atoms with Crippen molar-refractivity contribution in [1.29, 1.82) is 0 Å². The van der Waals surface area contributed by atoms with Gasteiger partial charge in [0.1, 0.15) is 12.1 Å². The Morgan fingerprint density at radius 3 is 2.76 bits per heavy atom. The van der Waals surface area contributed by atoms with Crippen molar-refractivity contribution in [2.75, 3.05) is 5.32 Å². The monoisotopic (exact) mass is 235 g/mol. The number of nitrogens with one attached hydrogen (secondary N) is 1. The van der Waals surface area contributed by atoms with Gasteiger partial charge in [-0.2, -0.15) is 0 Å². The zero-order valence-corrected chi connectivity index (χ0v) is 10.4. The smallest absolute Gasteiger partial charge is 0.129 e. The van der Waals surface area contributed by atoms with Gasteiger partial charge < -0.3 is 10.4 Å². The Bertz CT molecular complexity index is 348. The molecule has 2 rings (SSSR count). The molecule has 0 spiro atoms. The minimum Gasteiger partial charge on any atom is -0.393 e. The number of rotatable bonds is 4. The Morgan fingerprint density at radius 1 is 1.29 bits per heavy atom. The maximum Gasteiger partial charge on any atom is 0.129 e. The highest BCUT2D eigenvalue weighted by Crippen LogP contribution is 2.21. The van der Waals surface area contributed by atoms with Crippen molar-refractivity contribution in [3.8, 4) is 0 Å². The van der Waals surface area contributed by atoms with E-state index in [4.69, 9.17) is 0 Å². The molecule has 0 amide bonds. The van der Waals surface area contributed by atoms with Crippen molar-refractivity contribution < 1.29 is 5.11 Å². The number of nitrogens with zero attached hydrogens (tertiary/aromatic N) is 2. The van der Waals surface area contributed by atoms with E-state index in [-0.39, 0.29) is 6.10 Å². The van der Waals surface area contributed by atoms with Crippen LogP contribution in [-0.4, -0.2) is 27.2 Å². The summed E-state index contributed by atoms with van der Waals surface area (Å²) in [5.74, 6) is 0.921. The molecule has 0 aromatic carbocycles. The standard InChI is InChI=1S/C13H21N3O/c1-2-3-11-8-13(15-9-14-11)16-10-4-6-12(17)7-5-10/h8-10,12,17H,2-7H2,1H3,(H,14,15,16). The van der Waals surface area contributed by atoms with Gasteiger partial charge in [0.05, 0.1) is 6.10 Å². The second-order valence-electron chi connectivity index (χ2n) is 4.79. The van der Waals surface area contributed by atoms with Gasteiger partial charge in [-0.1, -0.05) is 13.3 Å². The third-order valence-electron chi connectivity index (χ3n) is 3.28. The topological polar surface area (TPSA) is 58.0 Å². The lowest BCUT2D eigenvalue weighted by Crippen LogP contribution is -2.28. The summed E-state index contributed by atoms with van der Waals surface area (Å²) in [5.41, 5.74) is 1.10. The van der Waals surface area contributed by atoms with E-state index in [0.717, 1.165) is 50.0 Å². The number of aryl methyl sites for hydroxylation is 1. The van der Waals surface area contributed by atoms with Gasteiger partial charge >= 0.3 is 0 Å². The molecule has 4 nitrogen and oxygen atoms in total. The van der Waals surface area contributed by atoms with E-state index in [1.165, 1.54) is 0 Å². The molecule has 0 unspecified atom stereocenters. The van der Waals surface area contributed by atoms with Gasteiger partial charge in [-0.3, -0.25) is 0 Å². The first-order valence-electron chi connectivity index (χ1n) is 6.53.